The van der Waals surface area contributed by atoms with Gasteiger partial charge in [0, 0.05) is 17.0 Å². The van der Waals surface area contributed by atoms with Gasteiger partial charge < -0.3 is 15.5 Å². The number of thioether (sulfide) groups is 1. The van der Waals surface area contributed by atoms with E-state index in [4.69, 9.17) is 10.2 Å². The molecule has 5 nitrogen and oxygen atoms in total. The molecule has 0 fully saturated rings. The molecule has 0 saturated heterocycles. The Morgan fingerprint density at radius 2 is 2.11 bits per heavy atom. The van der Waals surface area contributed by atoms with E-state index in [1.165, 1.54) is 11.1 Å². The third kappa shape index (κ3) is 4.39. The smallest absolute Gasteiger partial charge is 0.230 e. The van der Waals surface area contributed by atoms with E-state index in [0.29, 0.717) is 17.4 Å². The van der Waals surface area contributed by atoms with Crippen molar-refractivity contribution in [1.82, 2.24) is 10.3 Å². The number of nitrogens with two attached hydrogens (primary N) is 1. The van der Waals surface area contributed by atoms with Crippen LogP contribution in [0.3, 0.4) is 0 Å². The van der Waals surface area contributed by atoms with Gasteiger partial charge in [-0.3, -0.25) is 4.79 Å². The van der Waals surface area contributed by atoms with Gasteiger partial charge in [0.25, 0.3) is 0 Å². The molecule has 1 aliphatic carbocycles. The van der Waals surface area contributed by atoms with Gasteiger partial charge in [0.1, 0.15) is 6.26 Å². The molecule has 28 heavy (non-hydrogen) atoms. The molecule has 0 spiro atoms. The van der Waals surface area contributed by atoms with Crippen LogP contribution in [0.1, 0.15) is 35.7 Å². The summed E-state index contributed by atoms with van der Waals surface area (Å²) in [4.78, 5) is 16.9. The zero-order valence-corrected chi connectivity index (χ0v) is 16.4. The highest BCUT2D eigenvalue weighted by molar-refractivity contribution is 7.99. The zero-order chi connectivity index (χ0) is 19.3. The lowest BCUT2D eigenvalue weighted by Crippen LogP contribution is -2.32. The fourth-order valence-electron chi connectivity index (χ4n) is 3.56. The summed E-state index contributed by atoms with van der Waals surface area (Å²) in [6.45, 7) is 0. The largest absolute Gasteiger partial charge is 0.444 e. The zero-order valence-electron chi connectivity index (χ0n) is 15.6. The van der Waals surface area contributed by atoms with Crippen molar-refractivity contribution in [3.05, 3.63) is 71.6 Å². The molecule has 1 heterocycles. The van der Waals surface area contributed by atoms with Gasteiger partial charge in [-0.25, -0.2) is 4.98 Å². The monoisotopic (exact) mass is 393 g/mol. The lowest BCUT2D eigenvalue weighted by atomic mass is 9.87. The van der Waals surface area contributed by atoms with Crippen molar-refractivity contribution < 1.29 is 9.21 Å². The first-order valence-corrected chi connectivity index (χ1v) is 10.6. The second kappa shape index (κ2) is 8.52. The predicted octanol–water partition coefficient (Wildman–Crippen LogP) is 4.35. The van der Waals surface area contributed by atoms with Gasteiger partial charge in [0.15, 0.2) is 0 Å². The number of aromatic nitrogens is 1. The van der Waals surface area contributed by atoms with Gasteiger partial charge in [0.2, 0.25) is 11.8 Å². The Hall–Kier alpha value is -2.73. The van der Waals surface area contributed by atoms with E-state index in [-0.39, 0.29) is 11.9 Å². The molecular formula is C22H23N3O2S. The molecule has 3 aromatic rings. The number of carbonyl (C=O) groups excluding carboxylic acids is 1. The fraction of sp³-hybridized carbons (Fsp3) is 0.273. The molecule has 1 aromatic heterocycles. The average Bonchev–Trinajstić information content (AvgIpc) is 3.17. The molecule has 0 radical (unpaired) electrons. The topological polar surface area (TPSA) is 81.1 Å². The molecule has 4 rings (SSSR count). The summed E-state index contributed by atoms with van der Waals surface area (Å²) in [5.74, 6) is 1.70. The van der Waals surface area contributed by atoms with Crippen LogP contribution in [0.2, 0.25) is 0 Å². The van der Waals surface area contributed by atoms with Crippen molar-refractivity contribution in [1.29, 1.82) is 0 Å². The summed E-state index contributed by atoms with van der Waals surface area (Å²) in [7, 11) is 0. The van der Waals surface area contributed by atoms with Crippen LogP contribution in [0.25, 0.3) is 11.5 Å². The molecule has 1 aliphatic rings. The van der Waals surface area contributed by atoms with Gasteiger partial charge in [-0.2, -0.15) is 0 Å². The van der Waals surface area contributed by atoms with Crippen molar-refractivity contribution in [3.8, 4) is 11.5 Å². The fourth-order valence-corrected chi connectivity index (χ4v) is 4.27. The number of aryl methyl sites for hydroxylation is 1. The number of anilines is 1. The number of hydrogen-bond donors (Lipinski definition) is 2. The molecule has 0 bridgehead atoms. The Kier molecular flexibility index (Phi) is 5.67. The summed E-state index contributed by atoms with van der Waals surface area (Å²) in [5.41, 5.74) is 10.9. The van der Waals surface area contributed by atoms with E-state index in [1.807, 2.05) is 48.5 Å². The Balaban J connectivity index is 1.29. The van der Waals surface area contributed by atoms with E-state index >= 15 is 0 Å². The predicted molar refractivity (Wildman–Crippen MR) is 113 cm³/mol. The molecule has 1 unspecified atom stereocenters. The minimum Gasteiger partial charge on any atom is -0.444 e. The molecule has 6 heteroatoms. The lowest BCUT2D eigenvalue weighted by Gasteiger charge is -2.26. The first-order chi connectivity index (χ1) is 13.7. The van der Waals surface area contributed by atoms with E-state index in [1.54, 1.807) is 18.0 Å². The van der Waals surface area contributed by atoms with Crippen molar-refractivity contribution in [2.75, 3.05) is 11.5 Å². The summed E-state index contributed by atoms with van der Waals surface area (Å²) < 4.78 is 5.54. The lowest BCUT2D eigenvalue weighted by molar-refractivity contribution is -0.119. The maximum Gasteiger partial charge on any atom is 0.230 e. The van der Waals surface area contributed by atoms with Crippen LogP contribution in [0.15, 0.2) is 59.2 Å². The SMILES string of the molecule is Nc1ccc2c(c1)CCCC2NC(=O)CSCc1coc(-c2ccccc2)n1. The van der Waals surface area contributed by atoms with Crippen LogP contribution >= 0.6 is 11.8 Å². The number of fused-ring (bicyclic) bond motifs is 1. The van der Waals surface area contributed by atoms with Crippen LogP contribution in [0.5, 0.6) is 0 Å². The van der Waals surface area contributed by atoms with Gasteiger partial charge in [-0.15, -0.1) is 11.8 Å². The number of carbonyl (C=O) groups is 1. The number of rotatable bonds is 6. The van der Waals surface area contributed by atoms with Crippen molar-refractivity contribution in [2.24, 2.45) is 0 Å². The van der Waals surface area contributed by atoms with Gasteiger partial charge in [-0.05, 0) is 54.7 Å². The van der Waals surface area contributed by atoms with Gasteiger partial charge in [0.05, 0.1) is 17.5 Å². The Labute approximate surface area is 168 Å². The molecule has 144 valence electrons. The number of nitrogens with one attached hydrogen (secondary N) is 1. The highest BCUT2D eigenvalue weighted by atomic mass is 32.2. The van der Waals surface area contributed by atoms with Crippen LogP contribution in [-0.4, -0.2) is 16.6 Å². The second-order valence-electron chi connectivity index (χ2n) is 6.97. The van der Waals surface area contributed by atoms with Crippen LogP contribution < -0.4 is 11.1 Å². The molecular weight excluding hydrogens is 370 g/mol. The van der Waals surface area contributed by atoms with Crippen LogP contribution in [0, 0.1) is 0 Å². The third-order valence-corrected chi connectivity index (χ3v) is 5.84. The third-order valence-electron chi connectivity index (χ3n) is 4.87. The minimum absolute atomic E-state index is 0.0476. The highest BCUT2D eigenvalue weighted by Crippen LogP contribution is 2.31. The first-order valence-electron chi connectivity index (χ1n) is 9.44. The average molecular weight is 394 g/mol. The normalized spacial score (nSPS) is 15.8. The molecule has 0 aliphatic heterocycles. The number of amides is 1. The Morgan fingerprint density at radius 3 is 2.96 bits per heavy atom. The molecule has 0 saturated carbocycles. The quantitative estimate of drug-likeness (QED) is 0.609. The molecule has 1 atom stereocenters. The van der Waals surface area contributed by atoms with Crippen molar-refractivity contribution >= 4 is 23.4 Å². The number of hydrogen-bond acceptors (Lipinski definition) is 5. The van der Waals surface area contributed by atoms with E-state index in [2.05, 4.69) is 10.3 Å². The van der Waals surface area contributed by atoms with Crippen molar-refractivity contribution in [2.45, 2.75) is 31.1 Å². The van der Waals surface area contributed by atoms with Gasteiger partial charge >= 0.3 is 0 Å². The maximum atomic E-state index is 12.4. The minimum atomic E-state index is 0.0476. The van der Waals surface area contributed by atoms with Crippen LogP contribution in [0.4, 0.5) is 5.69 Å². The maximum absolute atomic E-state index is 12.4. The Bertz CT molecular complexity index is 955. The first kappa shape index (κ1) is 18.6. The highest BCUT2D eigenvalue weighted by Gasteiger charge is 2.21. The standard InChI is InChI=1S/C22H23N3O2S/c23-17-9-10-19-16(11-17)7-4-8-20(19)25-21(26)14-28-13-18-12-27-22(24-18)15-5-2-1-3-6-15/h1-3,5-6,9-12,20H,4,7-8,13-14,23H2,(H,25,26). The van der Waals surface area contributed by atoms with E-state index < -0.39 is 0 Å². The molecule has 1 amide bonds. The van der Waals surface area contributed by atoms with Crippen LogP contribution in [-0.2, 0) is 17.0 Å². The van der Waals surface area contributed by atoms with Gasteiger partial charge in [-0.1, -0.05) is 24.3 Å². The Morgan fingerprint density at radius 1 is 1.25 bits per heavy atom. The molecule has 2 aromatic carbocycles. The number of oxazole rings is 1. The molecule has 3 N–H and O–H groups in total. The second-order valence-corrected chi connectivity index (χ2v) is 7.96. The van der Waals surface area contributed by atoms with Crippen molar-refractivity contribution in [3.63, 3.8) is 0 Å². The van der Waals surface area contributed by atoms with E-state index in [0.717, 1.165) is 36.2 Å². The summed E-state index contributed by atoms with van der Waals surface area (Å²) in [6.07, 6.45) is 4.72. The summed E-state index contributed by atoms with van der Waals surface area (Å²) in [5, 5.41) is 3.17. The summed E-state index contributed by atoms with van der Waals surface area (Å²) >= 11 is 1.54. The number of nitrogen functional groups attached to an aromatic ring is 1. The number of benzene rings is 2. The summed E-state index contributed by atoms with van der Waals surface area (Å²) in [6, 6.07) is 15.9. The number of nitrogens with zero attached hydrogens (tertiary/aromatic N) is 1. The van der Waals surface area contributed by atoms with E-state index in [9.17, 15) is 4.79 Å².